The highest BCUT2D eigenvalue weighted by Crippen LogP contribution is 2.17. The van der Waals surface area contributed by atoms with E-state index in [4.69, 9.17) is 16.3 Å². The fraction of sp³-hybridized carbons (Fsp3) is 0.0476. The minimum atomic E-state index is -0.264. The third-order valence-electron chi connectivity index (χ3n) is 3.86. The number of rotatable bonds is 5. The normalized spacial score (nSPS) is 10.1. The Kier molecular flexibility index (Phi) is 5.74. The lowest BCUT2D eigenvalue weighted by Crippen LogP contribution is -2.14. The molecule has 0 unspecified atom stereocenters. The number of amides is 2. The Bertz CT molecular complexity index is 937. The molecule has 5 nitrogen and oxygen atoms in total. The summed E-state index contributed by atoms with van der Waals surface area (Å²) in [7, 11) is 1.58. The second-order valence-corrected chi connectivity index (χ2v) is 6.16. The zero-order valence-corrected chi connectivity index (χ0v) is 15.3. The molecule has 3 aromatic carbocycles. The van der Waals surface area contributed by atoms with Crippen LogP contribution in [-0.4, -0.2) is 18.9 Å². The molecule has 0 radical (unpaired) electrons. The average Bonchev–Trinajstić information content (AvgIpc) is 2.70. The minimum absolute atomic E-state index is 0.259. The first kappa shape index (κ1) is 18.5. The molecule has 0 atom stereocenters. The van der Waals surface area contributed by atoms with Gasteiger partial charge in [0.1, 0.15) is 5.75 Å². The second-order valence-electron chi connectivity index (χ2n) is 5.72. The predicted molar refractivity (Wildman–Crippen MR) is 107 cm³/mol. The van der Waals surface area contributed by atoms with Crippen LogP contribution in [0.4, 0.5) is 11.4 Å². The number of nitrogens with one attached hydrogen (secondary N) is 2. The topological polar surface area (TPSA) is 67.4 Å². The highest BCUT2D eigenvalue weighted by molar-refractivity contribution is 6.30. The van der Waals surface area contributed by atoms with Gasteiger partial charge in [0.2, 0.25) is 0 Å². The van der Waals surface area contributed by atoms with Crippen molar-refractivity contribution in [3.63, 3.8) is 0 Å². The summed E-state index contributed by atoms with van der Waals surface area (Å²) in [4.78, 5) is 24.6. The lowest BCUT2D eigenvalue weighted by atomic mass is 10.1. The molecular formula is C21H17ClN2O3. The van der Waals surface area contributed by atoms with Crippen molar-refractivity contribution >= 4 is 34.8 Å². The average molecular weight is 381 g/mol. The van der Waals surface area contributed by atoms with Gasteiger partial charge in [0.25, 0.3) is 11.8 Å². The van der Waals surface area contributed by atoms with E-state index in [1.54, 1.807) is 79.9 Å². The van der Waals surface area contributed by atoms with Crippen LogP contribution in [0.15, 0.2) is 72.8 Å². The lowest BCUT2D eigenvalue weighted by Gasteiger charge is -2.08. The Hall–Kier alpha value is -3.31. The zero-order chi connectivity index (χ0) is 19.2. The van der Waals surface area contributed by atoms with E-state index >= 15 is 0 Å². The van der Waals surface area contributed by atoms with Crippen LogP contribution < -0.4 is 15.4 Å². The molecule has 3 aromatic rings. The molecule has 0 saturated heterocycles. The van der Waals surface area contributed by atoms with E-state index in [1.807, 2.05) is 0 Å². The number of ether oxygens (including phenoxy) is 1. The first-order chi connectivity index (χ1) is 13.0. The van der Waals surface area contributed by atoms with Gasteiger partial charge in [-0.05, 0) is 72.8 Å². The number of carbonyl (C=O) groups is 2. The summed E-state index contributed by atoms with van der Waals surface area (Å²) in [5, 5.41) is 6.17. The van der Waals surface area contributed by atoms with Crippen LogP contribution in [0.3, 0.4) is 0 Å². The third kappa shape index (κ3) is 4.86. The van der Waals surface area contributed by atoms with Gasteiger partial charge in [-0.2, -0.15) is 0 Å². The van der Waals surface area contributed by atoms with Crippen LogP contribution in [0.25, 0.3) is 0 Å². The number of carbonyl (C=O) groups excluding carboxylic acids is 2. The number of benzene rings is 3. The van der Waals surface area contributed by atoms with Crippen molar-refractivity contribution in [3.05, 3.63) is 88.9 Å². The molecule has 2 N–H and O–H groups in total. The molecule has 0 spiro atoms. The number of methoxy groups -OCH3 is 1. The van der Waals surface area contributed by atoms with Crippen LogP contribution >= 0.6 is 11.6 Å². The quantitative estimate of drug-likeness (QED) is 0.664. The fourth-order valence-corrected chi connectivity index (χ4v) is 2.51. The summed E-state index contributed by atoms with van der Waals surface area (Å²) < 4.78 is 5.09. The van der Waals surface area contributed by atoms with Crippen LogP contribution in [0.2, 0.25) is 5.02 Å². The van der Waals surface area contributed by atoms with E-state index in [2.05, 4.69) is 10.6 Å². The molecular weight excluding hydrogens is 364 g/mol. The molecule has 0 saturated carbocycles. The summed E-state index contributed by atoms with van der Waals surface area (Å²) in [5.74, 6) is 0.188. The van der Waals surface area contributed by atoms with Crippen LogP contribution in [0.1, 0.15) is 20.7 Å². The van der Waals surface area contributed by atoms with Gasteiger partial charge in [-0.15, -0.1) is 0 Å². The number of hydrogen-bond acceptors (Lipinski definition) is 3. The van der Waals surface area contributed by atoms with E-state index < -0.39 is 0 Å². The van der Waals surface area contributed by atoms with Crippen LogP contribution in [0, 0.1) is 0 Å². The van der Waals surface area contributed by atoms with Crippen molar-refractivity contribution in [1.82, 2.24) is 0 Å². The van der Waals surface area contributed by atoms with E-state index in [0.717, 1.165) is 0 Å². The second kappa shape index (κ2) is 8.38. The molecule has 0 aromatic heterocycles. The smallest absolute Gasteiger partial charge is 0.255 e. The molecule has 3 rings (SSSR count). The molecule has 27 heavy (non-hydrogen) atoms. The number of hydrogen-bond donors (Lipinski definition) is 2. The van der Waals surface area contributed by atoms with Crippen molar-refractivity contribution in [2.24, 2.45) is 0 Å². The Morgan fingerprint density at radius 3 is 1.52 bits per heavy atom. The first-order valence-corrected chi connectivity index (χ1v) is 8.55. The SMILES string of the molecule is COc1ccc(NC(=O)c2ccc(C(=O)Nc3ccc(Cl)cc3)cc2)cc1. The van der Waals surface area contributed by atoms with Gasteiger partial charge in [-0.1, -0.05) is 11.6 Å². The molecule has 0 heterocycles. The van der Waals surface area contributed by atoms with Gasteiger partial charge in [0.05, 0.1) is 7.11 Å². The maximum Gasteiger partial charge on any atom is 0.255 e. The first-order valence-electron chi connectivity index (χ1n) is 8.17. The lowest BCUT2D eigenvalue weighted by molar-refractivity contribution is 0.101. The third-order valence-corrected chi connectivity index (χ3v) is 4.11. The Labute approximate surface area is 161 Å². The van der Waals surface area contributed by atoms with Crippen molar-refractivity contribution in [1.29, 1.82) is 0 Å². The molecule has 6 heteroatoms. The van der Waals surface area contributed by atoms with Crippen LogP contribution in [-0.2, 0) is 0 Å². The monoisotopic (exact) mass is 380 g/mol. The zero-order valence-electron chi connectivity index (χ0n) is 14.5. The Balaban J connectivity index is 1.63. The summed E-state index contributed by atoms with van der Waals surface area (Å²) in [5.41, 5.74) is 2.20. The number of halogens is 1. The standard InChI is InChI=1S/C21H17ClN2O3/c1-27-19-12-10-18(11-13-19)24-21(26)15-4-2-14(3-5-15)20(25)23-17-8-6-16(22)7-9-17/h2-13H,1H3,(H,23,25)(H,24,26). The summed E-state index contributed by atoms with van der Waals surface area (Å²) in [6.45, 7) is 0. The molecule has 0 bridgehead atoms. The van der Waals surface area contributed by atoms with E-state index in [0.29, 0.717) is 33.3 Å². The largest absolute Gasteiger partial charge is 0.497 e. The number of anilines is 2. The van der Waals surface area contributed by atoms with Crippen molar-refractivity contribution in [3.8, 4) is 5.75 Å². The van der Waals surface area contributed by atoms with Gasteiger partial charge < -0.3 is 15.4 Å². The van der Waals surface area contributed by atoms with E-state index in [-0.39, 0.29) is 11.8 Å². The Morgan fingerprint density at radius 1 is 0.704 bits per heavy atom. The fourth-order valence-electron chi connectivity index (χ4n) is 2.39. The highest BCUT2D eigenvalue weighted by Gasteiger charge is 2.10. The highest BCUT2D eigenvalue weighted by atomic mass is 35.5. The van der Waals surface area contributed by atoms with E-state index in [1.165, 1.54) is 0 Å². The molecule has 0 aliphatic rings. The molecule has 2 amide bonds. The summed E-state index contributed by atoms with van der Waals surface area (Å²) >= 11 is 5.83. The maximum atomic E-state index is 12.3. The minimum Gasteiger partial charge on any atom is -0.497 e. The maximum absolute atomic E-state index is 12.3. The van der Waals surface area contributed by atoms with Crippen molar-refractivity contribution in [2.75, 3.05) is 17.7 Å². The Morgan fingerprint density at radius 2 is 1.11 bits per heavy atom. The summed E-state index contributed by atoms with van der Waals surface area (Å²) in [6, 6.07) is 20.3. The molecule has 0 fully saturated rings. The van der Waals surface area contributed by atoms with Gasteiger partial charge in [-0.3, -0.25) is 9.59 Å². The summed E-state index contributed by atoms with van der Waals surface area (Å²) in [6.07, 6.45) is 0. The van der Waals surface area contributed by atoms with Gasteiger partial charge in [0.15, 0.2) is 0 Å². The van der Waals surface area contributed by atoms with Gasteiger partial charge in [-0.25, -0.2) is 0 Å². The van der Waals surface area contributed by atoms with Gasteiger partial charge in [0, 0.05) is 27.5 Å². The van der Waals surface area contributed by atoms with Crippen molar-refractivity contribution in [2.45, 2.75) is 0 Å². The molecule has 0 aliphatic heterocycles. The predicted octanol–water partition coefficient (Wildman–Crippen LogP) is 4.85. The van der Waals surface area contributed by atoms with E-state index in [9.17, 15) is 9.59 Å². The molecule has 136 valence electrons. The van der Waals surface area contributed by atoms with Gasteiger partial charge >= 0.3 is 0 Å². The van der Waals surface area contributed by atoms with Crippen molar-refractivity contribution < 1.29 is 14.3 Å². The molecule has 0 aliphatic carbocycles. The van der Waals surface area contributed by atoms with Crippen LogP contribution in [0.5, 0.6) is 5.75 Å².